The Kier molecular flexibility index (Phi) is 7.39. The van der Waals surface area contributed by atoms with Gasteiger partial charge < -0.3 is 18.9 Å². The Bertz CT molecular complexity index is 1480. The standard InChI is InChI=1S/C26H23ClN6O4S2/c1-2-34-22-25(38)36-20-14-35-24(15-6-4-3-5-7-15)37-21(20)26(22,17-10-16(27)12-30-18(17)11-28)33-13-19(31-32-33)23-29-8-9-39-23/h3-10,12-13,20-22,24-25,38H,2,14H2,1H3/t20-,21+,22+,24?,25-,26?/m1/s1. The van der Waals surface area contributed by atoms with Crippen LogP contribution in [0.15, 0.2) is 60.4 Å². The van der Waals surface area contributed by atoms with Gasteiger partial charge in [-0.15, -0.1) is 29.1 Å². The number of nitriles is 1. The maximum Gasteiger partial charge on any atom is 0.184 e. The third-order valence-corrected chi connectivity index (χ3v) is 8.19. The fourth-order valence-electron chi connectivity index (χ4n) is 5.25. The summed E-state index contributed by atoms with van der Waals surface area (Å²) < 4.78 is 27.1. The molecule has 0 aliphatic carbocycles. The molecular formula is C26H23ClN6O4S2. The highest BCUT2D eigenvalue weighted by atomic mass is 35.5. The van der Waals surface area contributed by atoms with Crippen molar-refractivity contribution in [2.75, 3.05) is 13.2 Å². The van der Waals surface area contributed by atoms with Crippen molar-refractivity contribution in [1.82, 2.24) is 25.0 Å². The van der Waals surface area contributed by atoms with E-state index in [0.29, 0.717) is 27.9 Å². The number of benzene rings is 1. The molecule has 4 aromatic rings. The van der Waals surface area contributed by atoms with Crippen LogP contribution in [-0.2, 0) is 24.5 Å². The summed E-state index contributed by atoms with van der Waals surface area (Å²) in [6.07, 6.45) is 2.03. The summed E-state index contributed by atoms with van der Waals surface area (Å²) in [5.74, 6) is 0. The first-order chi connectivity index (χ1) is 19.1. The molecule has 0 bridgehead atoms. The molecule has 39 heavy (non-hydrogen) atoms. The van der Waals surface area contributed by atoms with E-state index in [2.05, 4.69) is 26.3 Å². The molecule has 10 nitrogen and oxygen atoms in total. The van der Waals surface area contributed by atoms with E-state index >= 15 is 0 Å². The molecule has 0 saturated carbocycles. The second-order valence-corrected chi connectivity index (χ2v) is 10.8. The van der Waals surface area contributed by atoms with Crippen LogP contribution in [0.3, 0.4) is 0 Å². The van der Waals surface area contributed by atoms with Crippen molar-refractivity contribution in [2.24, 2.45) is 0 Å². The van der Waals surface area contributed by atoms with Gasteiger partial charge in [-0.1, -0.05) is 47.1 Å². The minimum atomic E-state index is -1.33. The first kappa shape index (κ1) is 26.3. The lowest BCUT2D eigenvalue weighted by Gasteiger charge is -2.55. The highest BCUT2D eigenvalue weighted by Gasteiger charge is 2.63. The molecule has 2 saturated heterocycles. The molecule has 2 fully saturated rings. The second-order valence-electron chi connectivity index (χ2n) is 8.95. The van der Waals surface area contributed by atoms with Crippen molar-refractivity contribution in [3.63, 3.8) is 0 Å². The van der Waals surface area contributed by atoms with E-state index in [9.17, 15) is 5.26 Å². The number of hydrogen-bond acceptors (Lipinski definition) is 11. The molecular weight excluding hydrogens is 560 g/mol. The van der Waals surface area contributed by atoms with E-state index in [-0.39, 0.29) is 12.3 Å². The Morgan fingerprint density at radius 1 is 1.28 bits per heavy atom. The number of rotatable bonds is 6. The minimum Gasteiger partial charge on any atom is -0.372 e. The fraction of sp³-hybridized carbons (Fsp3) is 0.346. The molecule has 1 aromatic carbocycles. The second kappa shape index (κ2) is 10.9. The van der Waals surface area contributed by atoms with Gasteiger partial charge in [0, 0.05) is 35.5 Å². The van der Waals surface area contributed by atoms with Crippen molar-refractivity contribution >= 4 is 35.6 Å². The van der Waals surface area contributed by atoms with Gasteiger partial charge in [0.15, 0.2) is 11.8 Å². The highest BCUT2D eigenvalue weighted by molar-refractivity contribution is 7.80. The van der Waals surface area contributed by atoms with Crippen LogP contribution in [0.5, 0.6) is 0 Å². The van der Waals surface area contributed by atoms with Crippen LogP contribution in [0.25, 0.3) is 10.7 Å². The van der Waals surface area contributed by atoms with Crippen LogP contribution in [0.4, 0.5) is 0 Å². The van der Waals surface area contributed by atoms with Crippen LogP contribution in [0.2, 0.25) is 5.02 Å². The lowest BCUT2D eigenvalue weighted by Crippen LogP contribution is -2.70. The number of aromatic nitrogens is 5. The normalized spacial score (nSPS) is 28.5. The van der Waals surface area contributed by atoms with Crippen molar-refractivity contribution in [2.45, 2.75) is 42.5 Å². The summed E-state index contributed by atoms with van der Waals surface area (Å²) in [5, 5.41) is 22.1. The lowest BCUT2D eigenvalue weighted by atomic mass is 9.74. The molecule has 0 spiro atoms. The van der Waals surface area contributed by atoms with E-state index in [1.807, 2.05) is 42.6 Å². The zero-order valence-electron chi connectivity index (χ0n) is 20.6. The number of halogens is 1. The van der Waals surface area contributed by atoms with Gasteiger partial charge in [0.2, 0.25) is 0 Å². The third-order valence-electron chi connectivity index (χ3n) is 6.79. The van der Waals surface area contributed by atoms with E-state index < -0.39 is 35.6 Å². The van der Waals surface area contributed by atoms with Crippen molar-refractivity contribution < 1.29 is 18.9 Å². The van der Waals surface area contributed by atoms with E-state index in [0.717, 1.165) is 5.56 Å². The van der Waals surface area contributed by atoms with Crippen molar-refractivity contribution in [3.05, 3.63) is 82.2 Å². The summed E-state index contributed by atoms with van der Waals surface area (Å²) in [5.41, 5.74) is -0.0884. The molecule has 13 heteroatoms. The summed E-state index contributed by atoms with van der Waals surface area (Å²) in [4.78, 5) is 8.75. The summed E-state index contributed by atoms with van der Waals surface area (Å²) >= 11 is 12.7. The van der Waals surface area contributed by atoms with E-state index in [1.165, 1.54) is 17.5 Å². The Morgan fingerprint density at radius 2 is 2.13 bits per heavy atom. The molecule has 0 N–H and O–H groups in total. The molecule has 6 atom stereocenters. The smallest absolute Gasteiger partial charge is 0.184 e. The van der Waals surface area contributed by atoms with E-state index in [1.54, 1.807) is 23.1 Å². The van der Waals surface area contributed by atoms with Gasteiger partial charge in [-0.2, -0.15) is 5.26 Å². The lowest BCUT2D eigenvalue weighted by molar-refractivity contribution is -0.325. The van der Waals surface area contributed by atoms with Crippen LogP contribution < -0.4 is 0 Å². The largest absolute Gasteiger partial charge is 0.372 e. The predicted molar refractivity (Wildman–Crippen MR) is 145 cm³/mol. The fourth-order valence-corrected chi connectivity index (χ4v) is 6.46. The molecule has 0 radical (unpaired) electrons. The summed E-state index contributed by atoms with van der Waals surface area (Å²) in [6.45, 7) is 2.40. The monoisotopic (exact) mass is 582 g/mol. The molecule has 6 rings (SSSR count). The van der Waals surface area contributed by atoms with Gasteiger partial charge in [0.25, 0.3) is 0 Å². The number of thiazole rings is 1. The van der Waals surface area contributed by atoms with Gasteiger partial charge >= 0.3 is 0 Å². The Morgan fingerprint density at radius 3 is 2.87 bits per heavy atom. The highest BCUT2D eigenvalue weighted by Crippen LogP contribution is 2.49. The zero-order chi connectivity index (χ0) is 27.0. The Balaban J connectivity index is 1.61. The van der Waals surface area contributed by atoms with Crippen molar-refractivity contribution in [3.8, 4) is 16.8 Å². The summed E-state index contributed by atoms with van der Waals surface area (Å²) in [7, 11) is 0. The quantitative estimate of drug-likeness (QED) is 0.333. The number of ether oxygens (including phenoxy) is 4. The molecule has 2 aliphatic rings. The topological polar surface area (TPSA) is 117 Å². The first-order valence-corrected chi connectivity index (χ1v) is 14.0. The molecule has 5 heterocycles. The Hall–Kier alpha value is -2.89. The zero-order valence-corrected chi connectivity index (χ0v) is 23.1. The molecule has 200 valence electrons. The average molecular weight is 583 g/mol. The Labute approximate surface area is 238 Å². The molecule has 0 amide bonds. The maximum absolute atomic E-state index is 10.2. The maximum atomic E-state index is 10.2. The van der Waals surface area contributed by atoms with Gasteiger partial charge in [-0.05, 0) is 13.0 Å². The van der Waals surface area contributed by atoms with Crippen LogP contribution in [0, 0.1) is 11.3 Å². The molecule has 3 aromatic heterocycles. The third kappa shape index (κ3) is 4.54. The van der Waals surface area contributed by atoms with Crippen LogP contribution >= 0.6 is 35.6 Å². The average Bonchev–Trinajstić information content (AvgIpc) is 3.67. The first-order valence-electron chi connectivity index (χ1n) is 12.2. The number of nitrogens with zero attached hydrogens (tertiary/aromatic N) is 6. The van der Waals surface area contributed by atoms with Crippen molar-refractivity contribution in [1.29, 1.82) is 5.26 Å². The van der Waals surface area contributed by atoms with Crippen LogP contribution in [-0.4, -0.2) is 61.9 Å². The number of hydrogen-bond donors (Lipinski definition) is 1. The number of thiol groups is 1. The predicted octanol–water partition coefficient (Wildman–Crippen LogP) is 4.24. The van der Waals surface area contributed by atoms with Gasteiger partial charge in [0.1, 0.15) is 46.2 Å². The van der Waals surface area contributed by atoms with Gasteiger partial charge in [0.05, 0.1) is 17.8 Å². The van der Waals surface area contributed by atoms with Gasteiger partial charge in [-0.3, -0.25) is 0 Å². The van der Waals surface area contributed by atoms with Crippen LogP contribution in [0.1, 0.15) is 30.0 Å². The number of pyridine rings is 1. The van der Waals surface area contributed by atoms with Gasteiger partial charge in [-0.25, -0.2) is 14.6 Å². The summed E-state index contributed by atoms with van der Waals surface area (Å²) in [6, 6.07) is 13.5. The number of fused-ring (bicyclic) bond motifs is 1. The molecule has 2 unspecified atom stereocenters. The minimum absolute atomic E-state index is 0.142. The SMILES string of the molecule is CCO[C@H]1[C@@H](S)O[C@@H]2COC(c3ccccc3)O[C@@H]2C1(c1cc(Cl)cnc1C#N)n1cc(-c2nccs2)nn1. The van der Waals surface area contributed by atoms with E-state index in [4.69, 9.17) is 43.2 Å². The molecule has 2 aliphatic heterocycles.